The van der Waals surface area contributed by atoms with Crippen molar-refractivity contribution in [2.24, 2.45) is 0 Å². The lowest BCUT2D eigenvalue weighted by Crippen LogP contribution is -2.14. The molecule has 0 aliphatic heterocycles. The van der Waals surface area contributed by atoms with E-state index in [9.17, 15) is 13.2 Å². The zero-order valence-electron chi connectivity index (χ0n) is 22.0. The first-order valence-electron chi connectivity index (χ1n) is 12.3. The van der Waals surface area contributed by atoms with Gasteiger partial charge in [0.2, 0.25) is 0 Å². The molecule has 0 fully saturated rings. The number of aromatic amines is 1. The fraction of sp³-hybridized carbons (Fsp3) is 0.0938. The van der Waals surface area contributed by atoms with Gasteiger partial charge in [-0.05, 0) is 73.5 Å². The monoisotopic (exact) mass is 556 g/mol. The van der Waals surface area contributed by atoms with Crippen LogP contribution in [0.2, 0.25) is 5.02 Å². The number of fused-ring (bicyclic) bond motifs is 1. The maximum absolute atomic E-state index is 13.4. The first-order valence-corrected chi connectivity index (χ1v) is 14.5. The molecular weight excluding hydrogens is 528 g/mol. The number of aromatic nitrogens is 1. The number of H-pyrrole nitrogens is 1. The Morgan fingerprint density at radius 2 is 1.62 bits per heavy atom. The molecule has 0 unspecified atom stereocenters. The number of hydrogen-bond donors (Lipinski definition) is 2. The second kappa shape index (κ2) is 11.7. The van der Waals surface area contributed by atoms with E-state index in [1.165, 1.54) is 6.07 Å². The molecule has 0 spiro atoms. The highest BCUT2D eigenvalue weighted by Crippen LogP contribution is 2.33. The lowest BCUT2D eigenvalue weighted by molar-refractivity contribution is 0.102. The number of rotatable bonds is 5. The summed E-state index contributed by atoms with van der Waals surface area (Å²) in [5.41, 5.74) is 5.90. The Kier molecular flexibility index (Phi) is 8.38. The van der Waals surface area contributed by atoms with Crippen molar-refractivity contribution in [2.45, 2.75) is 18.7 Å². The average Bonchev–Trinajstić information content (AvgIpc) is 3.34. The molecule has 0 saturated heterocycles. The molecule has 39 heavy (non-hydrogen) atoms. The van der Waals surface area contributed by atoms with Crippen LogP contribution < -0.4 is 5.32 Å². The van der Waals surface area contributed by atoms with Gasteiger partial charge in [-0.1, -0.05) is 65.7 Å². The Morgan fingerprint density at radius 3 is 2.28 bits per heavy atom. The van der Waals surface area contributed by atoms with Gasteiger partial charge in [0.1, 0.15) is 0 Å². The lowest BCUT2D eigenvalue weighted by atomic mass is 9.98. The second-order valence-electron chi connectivity index (χ2n) is 9.17. The standard InChI is InChI=1S/C29H23ClN2O3S.C3H6/c1-18-7-9-19(10-8-18)24-17-22(36(2,34)35)12-13-23(24)29(33)31-21-11-14-26(30)25(16-21)28-15-20-5-3-4-6-27(20)32-28;1-3-2/h3-17,32H,1-2H3,(H,31,33);3H,1H2,2H3. The summed E-state index contributed by atoms with van der Waals surface area (Å²) in [5.74, 6) is -0.351. The van der Waals surface area contributed by atoms with E-state index >= 15 is 0 Å². The van der Waals surface area contributed by atoms with Gasteiger partial charge in [0, 0.05) is 39.7 Å². The highest BCUT2D eigenvalue weighted by atomic mass is 35.5. The number of anilines is 1. The van der Waals surface area contributed by atoms with E-state index in [-0.39, 0.29) is 10.8 Å². The fourth-order valence-corrected chi connectivity index (χ4v) is 5.02. The minimum Gasteiger partial charge on any atom is -0.354 e. The van der Waals surface area contributed by atoms with Crippen LogP contribution in [-0.4, -0.2) is 25.6 Å². The molecule has 2 N–H and O–H groups in total. The minimum atomic E-state index is -3.44. The van der Waals surface area contributed by atoms with Crippen molar-refractivity contribution in [2.75, 3.05) is 11.6 Å². The second-order valence-corrected chi connectivity index (χ2v) is 11.6. The third-order valence-corrected chi connectivity index (χ3v) is 7.51. The van der Waals surface area contributed by atoms with Gasteiger partial charge < -0.3 is 10.3 Å². The van der Waals surface area contributed by atoms with Crippen LogP contribution in [0.1, 0.15) is 22.8 Å². The number of amides is 1. The Hall–Kier alpha value is -4.13. The number of halogens is 1. The zero-order chi connectivity index (χ0) is 28.2. The molecule has 0 bridgehead atoms. The molecule has 4 aromatic carbocycles. The van der Waals surface area contributed by atoms with Crippen molar-refractivity contribution in [3.8, 4) is 22.4 Å². The van der Waals surface area contributed by atoms with E-state index in [0.29, 0.717) is 21.8 Å². The number of benzene rings is 4. The predicted molar refractivity (Wildman–Crippen MR) is 162 cm³/mol. The molecular formula is C32H29ClN2O3S. The van der Waals surface area contributed by atoms with Crippen LogP contribution in [0.3, 0.4) is 0 Å². The molecule has 1 amide bonds. The molecule has 0 saturated carbocycles. The van der Waals surface area contributed by atoms with Gasteiger partial charge in [0.15, 0.2) is 9.84 Å². The third kappa shape index (κ3) is 6.48. The number of para-hydroxylation sites is 1. The van der Waals surface area contributed by atoms with Crippen LogP contribution in [0.5, 0.6) is 0 Å². The Morgan fingerprint density at radius 1 is 0.923 bits per heavy atom. The molecule has 0 atom stereocenters. The van der Waals surface area contributed by atoms with E-state index in [0.717, 1.165) is 39.5 Å². The number of allylic oxidation sites excluding steroid dienone is 1. The smallest absolute Gasteiger partial charge is 0.256 e. The first-order chi connectivity index (χ1) is 18.6. The van der Waals surface area contributed by atoms with Gasteiger partial charge in [0.05, 0.1) is 9.92 Å². The van der Waals surface area contributed by atoms with E-state index < -0.39 is 9.84 Å². The van der Waals surface area contributed by atoms with Gasteiger partial charge in [-0.15, -0.1) is 6.58 Å². The topological polar surface area (TPSA) is 79.0 Å². The van der Waals surface area contributed by atoms with Gasteiger partial charge >= 0.3 is 0 Å². The van der Waals surface area contributed by atoms with E-state index in [1.54, 1.807) is 30.3 Å². The maximum atomic E-state index is 13.4. The molecule has 1 heterocycles. The number of sulfone groups is 1. The van der Waals surface area contributed by atoms with Gasteiger partial charge in [-0.25, -0.2) is 8.42 Å². The number of hydrogen-bond acceptors (Lipinski definition) is 3. The van der Waals surface area contributed by atoms with E-state index in [1.807, 2.05) is 74.5 Å². The summed E-state index contributed by atoms with van der Waals surface area (Å²) in [5, 5.41) is 4.56. The maximum Gasteiger partial charge on any atom is 0.256 e. The van der Waals surface area contributed by atoms with Crippen molar-refractivity contribution >= 4 is 43.9 Å². The highest BCUT2D eigenvalue weighted by molar-refractivity contribution is 7.90. The van der Waals surface area contributed by atoms with Crippen LogP contribution in [-0.2, 0) is 9.84 Å². The number of carbonyl (C=O) groups excluding carboxylic acids is 1. The quantitative estimate of drug-likeness (QED) is 0.214. The van der Waals surface area contributed by atoms with Crippen LogP contribution in [0.4, 0.5) is 5.69 Å². The molecule has 5 aromatic rings. The molecule has 0 radical (unpaired) electrons. The summed E-state index contributed by atoms with van der Waals surface area (Å²) >= 11 is 6.50. The zero-order valence-corrected chi connectivity index (χ0v) is 23.5. The summed E-state index contributed by atoms with van der Waals surface area (Å²) < 4.78 is 24.4. The summed E-state index contributed by atoms with van der Waals surface area (Å²) in [6.07, 6.45) is 2.90. The van der Waals surface area contributed by atoms with Crippen molar-refractivity contribution in [3.63, 3.8) is 0 Å². The summed E-state index contributed by atoms with van der Waals surface area (Å²) in [4.78, 5) is 16.9. The first kappa shape index (κ1) is 27.9. The molecule has 1 aromatic heterocycles. The van der Waals surface area contributed by atoms with Crippen LogP contribution in [0, 0.1) is 6.92 Å². The lowest BCUT2D eigenvalue weighted by Gasteiger charge is -2.13. The SMILES string of the molecule is C=CC.Cc1ccc(-c2cc(S(C)(=O)=O)ccc2C(=O)Nc2ccc(Cl)c(-c3cc4ccccc4[nH]3)c2)cc1. The van der Waals surface area contributed by atoms with Crippen LogP contribution in [0.25, 0.3) is 33.3 Å². The normalized spacial score (nSPS) is 11.0. The van der Waals surface area contributed by atoms with Crippen LogP contribution in [0.15, 0.2) is 109 Å². The van der Waals surface area contributed by atoms with Gasteiger partial charge in [0.25, 0.3) is 5.91 Å². The molecule has 7 heteroatoms. The van der Waals surface area contributed by atoms with Crippen LogP contribution >= 0.6 is 11.6 Å². The van der Waals surface area contributed by atoms with Gasteiger partial charge in [-0.3, -0.25) is 4.79 Å². The van der Waals surface area contributed by atoms with Crippen molar-refractivity contribution in [3.05, 3.63) is 120 Å². The summed E-state index contributed by atoms with van der Waals surface area (Å²) in [6.45, 7) is 7.22. The third-order valence-electron chi connectivity index (χ3n) is 6.07. The van der Waals surface area contributed by atoms with Crippen molar-refractivity contribution in [1.82, 2.24) is 4.98 Å². The minimum absolute atomic E-state index is 0.155. The molecule has 5 rings (SSSR count). The van der Waals surface area contributed by atoms with Crippen molar-refractivity contribution < 1.29 is 13.2 Å². The Balaban J connectivity index is 0.00000112. The predicted octanol–water partition coefficient (Wildman–Crippen LogP) is 8.31. The average molecular weight is 557 g/mol. The molecule has 5 nitrogen and oxygen atoms in total. The number of carbonyl (C=O) groups is 1. The summed E-state index contributed by atoms with van der Waals surface area (Å²) in [7, 11) is -3.44. The Bertz CT molecular complexity index is 1740. The number of aryl methyl sites for hydroxylation is 1. The fourth-order valence-electron chi connectivity index (χ4n) is 4.15. The number of nitrogens with one attached hydrogen (secondary N) is 2. The largest absolute Gasteiger partial charge is 0.354 e. The highest BCUT2D eigenvalue weighted by Gasteiger charge is 2.18. The molecule has 0 aliphatic carbocycles. The van der Waals surface area contributed by atoms with Crippen molar-refractivity contribution in [1.29, 1.82) is 0 Å². The summed E-state index contributed by atoms with van der Waals surface area (Å²) in [6, 6.07) is 27.4. The van der Waals surface area contributed by atoms with E-state index in [2.05, 4.69) is 16.9 Å². The molecule has 198 valence electrons. The molecule has 0 aliphatic rings. The Labute approximate surface area is 234 Å². The van der Waals surface area contributed by atoms with Gasteiger partial charge in [-0.2, -0.15) is 0 Å². The van der Waals surface area contributed by atoms with E-state index in [4.69, 9.17) is 11.6 Å².